The maximum absolute atomic E-state index is 12.2. The van der Waals surface area contributed by atoms with Crippen LogP contribution in [0.15, 0.2) is 74.2 Å². The van der Waals surface area contributed by atoms with Gasteiger partial charge in [0.1, 0.15) is 10.0 Å². The molecule has 0 heterocycles. The Labute approximate surface area is 172 Å². The van der Waals surface area contributed by atoms with Crippen molar-refractivity contribution in [2.45, 2.75) is 16.7 Å². The van der Waals surface area contributed by atoms with Gasteiger partial charge in [-0.2, -0.15) is 8.42 Å². The van der Waals surface area contributed by atoms with E-state index >= 15 is 0 Å². The molecular formula is C14H15N2NaO5S3. The van der Waals surface area contributed by atoms with E-state index in [0.29, 0.717) is 0 Å². The third-order valence-corrected chi connectivity index (χ3v) is 7.40. The van der Waals surface area contributed by atoms with Crippen LogP contribution in [-0.2, 0) is 35.4 Å². The second kappa shape index (κ2) is 9.93. The van der Waals surface area contributed by atoms with Crippen molar-refractivity contribution in [3.05, 3.63) is 64.8 Å². The average molecular weight is 410 g/mol. The fourth-order valence-electron chi connectivity index (χ4n) is 1.60. The van der Waals surface area contributed by atoms with Crippen molar-refractivity contribution >= 4 is 31.2 Å². The van der Waals surface area contributed by atoms with Crippen LogP contribution < -0.4 is 29.6 Å². The molecule has 1 unspecified atom stereocenters. The Morgan fingerprint density at radius 1 is 0.920 bits per heavy atom. The van der Waals surface area contributed by atoms with E-state index in [1.54, 1.807) is 43.3 Å². The molecule has 0 radical (unpaired) electrons. The Morgan fingerprint density at radius 2 is 1.40 bits per heavy atom. The van der Waals surface area contributed by atoms with E-state index in [1.807, 2.05) is 0 Å². The SMILES string of the molecule is CCOS(=NS(=O)(=O)c1ccccc1)[N-]S(=O)(=O)c1ccccc1.[Na+]. The van der Waals surface area contributed by atoms with Gasteiger partial charge in [0.2, 0.25) is 0 Å². The number of benzene rings is 2. The van der Waals surface area contributed by atoms with Crippen molar-refractivity contribution < 1.29 is 50.6 Å². The first kappa shape index (κ1) is 22.5. The molecule has 25 heavy (non-hydrogen) atoms. The van der Waals surface area contributed by atoms with Gasteiger partial charge < -0.3 is 8.31 Å². The van der Waals surface area contributed by atoms with Crippen molar-refractivity contribution in [1.82, 2.24) is 0 Å². The zero-order valence-electron chi connectivity index (χ0n) is 13.6. The van der Waals surface area contributed by atoms with Crippen LogP contribution in [0, 0.1) is 0 Å². The standard InChI is InChI=1S/C14H15N2O5S3.Na/c1-2-21-22(15-23(17,18)13-9-5-3-6-10-13)16-24(19,20)14-11-7-4-8-12-14;/h3-12H,2H2,1H3;/q-1;+1. The summed E-state index contributed by atoms with van der Waals surface area (Å²) in [6.45, 7) is 1.65. The summed E-state index contributed by atoms with van der Waals surface area (Å²) in [5, 5.41) is 0. The molecule has 2 aromatic carbocycles. The summed E-state index contributed by atoms with van der Waals surface area (Å²) in [4.78, 5) is -0.121. The van der Waals surface area contributed by atoms with E-state index in [9.17, 15) is 16.8 Å². The predicted molar refractivity (Wildman–Crippen MR) is 92.0 cm³/mol. The Morgan fingerprint density at radius 3 is 1.88 bits per heavy atom. The Balaban J connectivity index is 0.00000312. The molecular weight excluding hydrogens is 395 g/mol. The van der Waals surface area contributed by atoms with E-state index < -0.39 is 31.2 Å². The van der Waals surface area contributed by atoms with Crippen LogP contribution in [-0.4, -0.2) is 23.4 Å². The molecule has 0 saturated heterocycles. The fraction of sp³-hybridized carbons (Fsp3) is 0.143. The molecule has 11 heteroatoms. The Bertz CT molecular complexity index is 917. The maximum atomic E-state index is 12.2. The van der Waals surface area contributed by atoms with Gasteiger partial charge in [-0.25, -0.2) is 8.42 Å². The van der Waals surface area contributed by atoms with Crippen LogP contribution in [0.5, 0.6) is 0 Å². The molecule has 0 bridgehead atoms. The minimum atomic E-state index is -4.08. The summed E-state index contributed by atoms with van der Waals surface area (Å²) >= 11 is -1.99. The number of rotatable bonds is 7. The van der Waals surface area contributed by atoms with E-state index in [4.69, 9.17) is 4.18 Å². The fourth-order valence-corrected chi connectivity index (χ4v) is 5.54. The summed E-state index contributed by atoms with van der Waals surface area (Å²) in [5.41, 5.74) is 0. The smallest absolute Gasteiger partial charge is 0.453 e. The first-order valence-corrected chi connectivity index (χ1v) is 10.7. The van der Waals surface area contributed by atoms with Gasteiger partial charge in [0.05, 0.1) is 11.5 Å². The topological polar surface area (TPSA) is 104 Å². The van der Waals surface area contributed by atoms with Crippen LogP contribution in [0.3, 0.4) is 0 Å². The molecule has 0 N–H and O–H groups in total. The van der Waals surface area contributed by atoms with Crippen LogP contribution in [0.25, 0.3) is 4.13 Å². The number of hydrogen-bond acceptors (Lipinski definition) is 5. The van der Waals surface area contributed by atoms with Crippen LogP contribution in [0.2, 0.25) is 0 Å². The second-order valence-electron chi connectivity index (χ2n) is 4.36. The number of sulfonamides is 2. The molecule has 1 atom stereocenters. The molecule has 2 aromatic rings. The quantitative estimate of drug-likeness (QED) is 0.589. The summed E-state index contributed by atoms with van der Waals surface area (Å²) in [6.07, 6.45) is 0. The van der Waals surface area contributed by atoms with Crippen LogP contribution >= 0.6 is 0 Å². The number of hydrogen-bond donors (Lipinski definition) is 0. The minimum Gasteiger partial charge on any atom is -0.453 e. The second-order valence-corrected chi connectivity index (χ2v) is 9.10. The van der Waals surface area contributed by atoms with Gasteiger partial charge in [0.25, 0.3) is 10.0 Å². The van der Waals surface area contributed by atoms with Gasteiger partial charge in [-0.05, 0) is 42.3 Å². The van der Waals surface area contributed by atoms with E-state index in [-0.39, 0.29) is 46.0 Å². The predicted octanol–water partition coefficient (Wildman–Crippen LogP) is -0.190. The molecule has 0 fully saturated rings. The van der Waals surface area contributed by atoms with Crippen LogP contribution in [0.4, 0.5) is 0 Å². The summed E-state index contributed by atoms with van der Waals surface area (Å²) in [6, 6.07) is 14.9. The Hall–Kier alpha value is -0.590. The molecule has 0 aliphatic carbocycles. The molecule has 130 valence electrons. The summed E-state index contributed by atoms with van der Waals surface area (Å²) in [7, 11) is -8.16. The molecule has 7 nitrogen and oxygen atoms in total. The molecule has 0 aliphatic heterocycles. The molecule has 0 saturated carbocycles. The average Bonchev–Trinajstić information content (AvgIpc) is 2.56. The summed E-state index contributed by atoms with van der Waals surface area (Å²) in [5.74, 6) is 0. The van der Waals surface area contributed by atoms with Gasteiger partial charge in [-0.3, -0.25) is 0 Å². The van der Waals surface area contributed by atoms with Crippen molar-refractivity contribution in [2.75, 3.05) is 6.61 Å². The van der Waals surface area contributed by atoms with Crippen molar-refractivity contribution in [1.29, 1.82) is 0 Å². The number of nitrogens with zero attached hydrogens (tertiary/aromatic N) is 2. The maximum Gasteiger partial charge on any atom is 1.00 e. The molecule has 2 rings (SSSR count). The molecule has 0 spiro atoms. The largest absolute Gasteiger partial charge is 1.00 e. The van der Waals surface area contributed by atoms with Crippen molar-refractivity contribution in [3.63, 3.8) is 0 Å². The zero-order valence-corrected chi connectivity index (χ0v) is 18.1. The Kier molecular flexibility index (Phi) is 8.92. The van der Waals surface area contributed by atoms with E-state index in [1.165, 1.54) is 24.3 Å². The van der Waals surface area contributed by atoms with Crippen LogP contribution in [0.1, 0.15) is 6.92 Å². The van der Waals surface area contributed by atoms with Crippen molar-refractivity contribution in [3.8, 4) is 0 Å². The van der Waals surface area contributed by atoms with E-state index in [2.05, 4.69) is 7.90 Å². The zero-order chi connectivity index (χ0) is 17.6. The third kappa shape index (κ3) is 6.57. The van der Waals surface area contributed by atoms with Gasteiger partial charge >= 0.3 is 29.6 Å². The third-order valence-electron chi connectivity index (χ3n) is 2.63. The normalized spacial score (nSPS) is 13.2. The van der Waals surface area contributed by atoms with Crippen molar-refractivity contribution in [2.24, 2.45) is 3.77 Å². The summed E-state index contributed by atoms with van der Waals surface area (Å²) < 4.78 is 61.1. The molecule has 0 amide bonds. The first-order chi connectivity index (χ1) is 11.3. The van der Waals surface area contributed by atoms with Gasteiger partial charge in [0.15, 0.2) is 0 Å². The monoisotopic (exact) mass is 410 g/mol. The van der Waals surface area contributed by atoms with Gasteiger partial charge in [-0.1, -0.05) is 36.4 Å². The molecule has 0 aliphatic rings. The first-order valence-electron chi connectivity index (χ1n) is 6.79. The molecule has 0 aromatic heterocycles. The van der Waals surface area contributed by atoms with Gasteiger partial charge in [-0.15, -0.1) is 3.77 Å². The van der Waals surface area contributed by atoms with Gasteiger partial charge in [0, 0.05) is 4.90 Å². The minimum absolute atomic E-state index is 0. The van der Waals surface area contributed by atoms with E-state index in [0.717, 1.165) is 0 Å².